The Labute approximate surface area is 109 Å². The maximum absolute atomic E-state index is 12.1. The van der Waals surface area contributed by atoms with Gasteiger partial charge in [0.1, 0.15) is 6.04 Å². The van der Waals surface area contributed by atoms with Crippen LogP contribution in [0.5, 0.6) is 0 Å². The molecular weight excluding hydrogens is 230 g/mol. The monoisotopic (exact) mass is 255 g/mol. The molecule has 4 nitrogen and oxygen atoms in total. The van der Waals surface area contributed by atoms with Gasteiger partial charge in [-0.15, -0.1) is 0 Å². The molecule has 0 aromatic rings. The van der Waals surface area contributed by atoms with Crippen LogP contribution in [-0.4, -0.2) is 25.0 Å². The van der Waals surface area contributed by atoms with Crippen molar-refractivity contribution in [2.75, 3.05) is 7.11 Å². The van der Waals surface area contributed by atoms with E-state index in [-0.39, 0.29) is 23.7 Å². The Balaban J connectivity index is 2.58. The van der Waals surface area contributed by atoms with Crippen molar-refractivity contribution in [2.45, 2.75) is 58.4 Å². The predicted octanol–water partition coefficient (Wildman–Crippen LogP) is 2.27. The fourth-order valence-electron chi connectivity index (χ4n) is 2.43. The number of carbonyl (C=O) groups excluding carboxylic acids is 2. The van der Waals surface area contributed by atoms with Gasteiger partial charge in [-0.2, -0.15) is 0 Å². The molecule has 0 spiro atoms. The SMILES string of the molecule is CC[C@@H](C)[C@@H](NC(=O)C1CCCCC1)C(=O)OC. The largest absolute Gasteiger partial charge is 0.467 e. The van der Waals surface area contributed by atoms with Crippen LogP contribution >= 0.6 is 0 Å². The molecule has 0 aliphatic heterocycles. The minimum atomic E-state index is -0.505. The normalized spacial score (nSPS) is 19.9. The summed E-state index contributed by atoms with van der Waals surface area (Å²) in [7, 11) is 1.37. The smallest absolute Gasteiger partial charge is 0.328 e. The van der Waals surface area contributed by atoms with Crippen molar-refractivity contribution in [3.05, 3.63) is 0 Å². The third-order valence-corrected chi connectivity index (χ3v) is 3.94. The van der Waals surface area contributed by atoms with E-state index in [0.29, 0.717) is 0 Å². The fourth-order valence-corrected chi connectivity index (χ4v) is 2.43. The third kappa shape index (κ3) is 4.00. The first-order valence-corrected chi connectivity index (χ1v) is 6.98. The maximum atomic E-state index is 12.1. The third-order valence-electron chi connectivity index (χ3n) is 3.94. The summed E-state index contributed by atoms with van der Waals surface area (Å²) in [5.41, 5.74) is 0. The summed E-state index contributed by atoms with van der Waals surface area (Å²) in [5, 5.41) is 2.87. The van der Waals surface area contributed by atoms with Gasteiger partial charge in [0.2, 0.25) is 5.91 Å². The molecule has 1 saturated carbocycles. The zero-order chi connectivity index (χ0) is 13.5. The number of methoxy groups -OCH3 is 1. The molecule has 0 aromatic carbocycles. The van der Waals surface area contributed by atoms with Crippen molar-refractivity contribution in [3.8, 4) is 0 Å². The van der Waals surface area contributed by atoms with Crippen LogP contribution in [0.3, 0.4) is 0 Å². The van der Waals surface area contributed by atoms with Crippen molar-refractivity contribution >= 4 is 11.9 Å². The summed E-state index contributed by atoms with van der Waals surface area (Å²) in [6.45, 7) is 3.97. The van der Waals surface area contributed by atoms with Crippen LogP contribution in [0.4, 0.5) is 0 Å². The van der Waals surface area contributed by atoms with Crippen LogP contribution in [0.2, 0.25) is 0 Å². The van der Waals surface area contributed by atoms with Gasteiger partial charge in [0.15, 0.2) is 0 Å². The average molecular weight is 255 g/mol. The van der Waals surface area contributed by atoms with Crippen LogP contribution in [0, 0.1) is 11.8 Å². The molecule has 2 atom stereocenters. The Hall–Kier alpha value is -1.06. The van der Waals surface area contributed by atoms with E-state index in [0.717, 1.165) is 32.1 Å². The Morgan fingerprint density at radius 1 is 1.28 bits per heavy atom. The summed E-state index contributed by atoms with van der Waals surface area (Å²) in [6, 6.07) is -0.505. The van der Waals surface area contributed by atoms with E-state index in [4.69, 9.17) is 4.74 Å². The summed E-state index contributed by atoms with van der Waals surface area (Å²) in [6.07, 6.45) is 6.18. The highest BCUT2D eigenvalue weighted by Gasteiger charge is 2.30. The highest BCUT2D eigenvalue weighted by molar-refractivity contribution is 5.85. The highest BCUT2D eigenvalue weighted by atomic mass is 16.5. The summed E-state index contributed by atoms with van der Waals surface area (Å²) in [5.74, 6) is -0.140. The van der Waals surface area contributed by atoms with Gasteiger partial charge in [-0.25, -0.2) is 4.79 Å². The number of rotatable bonds is 5. The number of esters is 1. The summed E-state index contributed by atoms with van der Waals surface area (Å²) >= 11 is 0. The van der Waals surface area contributed by atoms with Gasteiger partial charge in [0, 0.05) is 5.92 Å². The molecule has 18 heavy (non-hydrogen) atoms. The molecule has 0 unspecified atom stereocenters. The lowest BCUT2D eigenvalue weighted by Crippen LogP contribution is -2.48. The lowest BCUT2D eigenvalue weighted by molar-refractivity contribution is -0.147. The van der Waals surface area contributed by atoms with Crippen molar-refractivity contribution in [2.24, 2.45) is 11.8 Å². The number of ether oxygens (including phenoxy) is 1. The molecule has 0 heterocycles. The van der Waals surface area contributed by atoms with E-state index in [1.54, 1.807) is 0 Å². The van der Waals surface area contributed by atoms with Crippen molar-refractivity contribution in [3.63, 3.8) is 0 Å². The first-order valence-electron chi connectivity index (χ1n) is 6.98. The number of amides is 1. The number of nitrogens with one attached hydrogen (secondary N) is 1. The molecular formula is C14H25NO3. The Morgan fingerprint density at radius 2 is 1.89 bits per heavy atom. The maximum Gasteiger partial charge on any atom is 0.328 e. The first kappa shape index (κ1) is 15.0. The molecule has 1 N–H and O–H groups in total. The van der Waals surface area contributed by atoms with Gasteiger partial charge in [-0.3, -0.25) is 4.79 Å². The van der Waals surface area contributed by atoms with E-state index in [1.807, 2.05) is 13.8 Å². The molecule has 1 fully saturated rings. The van der Waals surface area contributed by atoms with Crippen LogP contribution < -0.4 is 5.32 Å². The predicted molar refractivity (Wildman–Crippen MR) is 70.0 cm³/mol. The number of carbonyl (C=O) groups is 2. The molecule has 1 rings (SSSR count). The quantitative estimate of drug-likeness (QED) is 0.767. The van der Waals surface area contributed by atoms with Crippen molar-refractivity contribution in [1.82, 2.24) is 5.32 Å². The van der Waals surface area contributed by atoms with Crippen molar-refractivity contribution in [1.29, 1.82) is 0 Å². The molecule has 0 radical (unpaired) electrons. The molecule has 0 aromatic heterocycles. The van der Waals surface area contributed by atoms with E-state index >= 15 is 0 Å². The van der Waals surface area contributed by atoms with Crippen LogP contribution in [0.1, 0.15) is 52.4 Å². The van der Waals surface area contributed by atoms with Crippen LogP contribution in [0.25, 0.3) is 0 Å². The average Bonchev–Trinajstić information content (AvgIpc) is 2.43. The lowest BCUT2D eigenvalue weighted by atomic mass is 9.88. The zero-order valence-corrected chi connectivity index (χ0v) is 11.7. The van der Waals surface area contributed by atoms with Gasteiger partial charge >= 0.3 is 5.97 Å². The van der Waals surface area contributed by atoms with E-state index in [1.165, 1.54) is 13.5 Å². The highest BCUT2D eigenvalue weighted by Crippen LogP contribution is 2.24. The molecule has 0 saturated heterocycles. The van der Waals surface area contributed by atoms with E-state index in [9.17, 15) is 9.59 Å². The van der Waals surface area contributed by atoms with Gasteiger partial charge in [0.25, 0.3) is 0 Å². The van der Waals surface area contributed by atoms with E-state index < -0.39 is 6.04 Å². The Kier molecular flexibility index (Phi) is 6.16. The molecule has 0 bridgehead atoms. The summed E-state index contributed by atoms with van der Waals surface area (Å²) in [4.78, 5) is 23.8. The molecule has 1 amide bonds. The second-order valence-electron chi connectivity index (χ2n) is 5.23. The fraction of sp³-hybridized carbons (Fsp3) is 0.857. The topological polar surface area (TPSA) is 55.4 Å². The van der Waals surface area contributed by atoms with Crippen molar-refractivity contribution < 1.29 is 14.3 Å². The molecule has 4 heteroatoms. The minimum Gasteiger partial charge on any atom is -0.467 e. The second kappa shape index (κ2) is 7.39. The van der Waals surface area contributed by atoms with Crippen LogP contribution in [-0.2, 0) is 14.3 Å². The van der Waals surface area contributed by atoms with Gasteiger partial charge in [0.05, 0.1) is 7.11 Å². The van der Waals surface area contributed by atoms with Gasteiger partial charge < -0.3 is 10.1 Å². The van der Waals surface area contributed by atoms with Crippen LogP contribution in [0.15, 0.2) is 0 Å². The molecule has 104 valence electrons. The standard InChI is InChI=1S/C14H25NO3/c1-4-10(2)12(14(17)18-3)15-13(16)11-8-6-5-7-9-11/h10-12H,4-9H2,1-3H3,(H,15,16)/t10-,12-/m1/s1. The Morgan fingerprint density at radius 3 is 2.39 bits per heavy atom. The zero-order valence-electron chi connectivity index (χ0n) is 11.7. The lowest BCUT2D eigenvalue weighted by Gasteiger charge is -2.26. The molecule has 1 aliphatic carbocycles. The van der Waals surface area contributed by atoms with E-state index in [2.05, 4.69) is 5.32 Å². The molecule has 1 aliphatic rings. The Bertz CT molecular complexity index is 285. The minimum absolute atomic E-state index is 0.0189. The first-order chi connectivity index (χ1) is 8.60. The number of hydrogen-bond donors (Lipinski definition) is 1. The second-order valence-corrected chi connectivity index (χ2v) is 5.23. The van der Waals surface area contributed by atoms with Gasteiger partial charge in [-0.1, -0.05) is 39.5 Å². The summed E-state index contributed by atoms with van der Waals surface area (Å²) < 4.78 is 4.77. The van der Waals surface area contributed by atoms with Gasteiger partial charge in [-0.05, 0) is 18.8 Å². The number of hydrogen-bond acceptors (Lipinski definition) is 3.